The summed E-state index contributed by atoms with van der Waals surface area (Å²) in [6, 6.07) is 0. The van der Waals surface area contributed by atoms with E-state index < -0.39 is 42.4 Å². The Morgan fingerprint density at radius 2 is 1.77 bits per heavy atom. The van der Waals surface area contributed by atoms with Crippen molar-refractivity contribution in [2.45, 2.75) is 121 Å². The second-order valence-corrected chi connectivity index (χ2v) is 13.8. The van der Waals surface area contributed by atoms with Gasteiger partial charge in [0.2, 0.25) is 0 Å². The second-order valence-electron chi connectivity index (χ2n) is 13.8. The summed E-state index contributed by atoms with van der Waals surface area (Å²) < 4.78 is 22.6. The number of hydrogen-bond donors (Lipinski definition) is 4. The molecule has 0 bridgehead atoms. The highest BCUT2D eigenvalue weighted by atomic mass is 16.7. The summed E-state index contributed by atoms with van der Waals surface area (Å²) in [5.74, 6) is 0.393. The molecule has 9 nitrogen and oxygen atoms in total. The monoisotopic (exact) mass is 550 g/mol. The lowest BCUT2D eigenvalue weighted by Gasteiger charge is -2.64. The molecule has 6 aliphatic rings. The number of ether oxygens (including phenoxy) is 4. The number of hydrogen-bond acceptors (Lipinski definition) is 9. The SMILES string of the molecule is CO[C@@H]1[C@H](O)[C@H](O[C@@H]2C[C@@H]3CC[C@@H]4[C@H](CC[C@]5(C)[C@@H](C6=CC(=O)OC6)CC[C@@]45O)[C@@]3(C)[C@H](O)C2)O[C@H](C)[C@@H]1O. The number of fused-ring (bicyclic) bond motifs is 5. The zero-order valence-electron chi connectivity index (χ0n) is 23.6. The van der Waals surface area contributed by atoms with Crippen LogP contribution in [-0.2, 0) is 23.7 Å². The highest BCUT2D eigenvalue weighted by Gasteiger charge is 2.69. The minimum Gasteiger partial charge on any atom is -0.458 e. The molecule has 220 valence electrons. The summed E-state index contributed by atoms with van der Waals surface area (Å²) in [5.41, 5.74) is -0.455. The lowest BCUT2D eigenvalue weighted by Crippen LogP contribution is -2.65. The molecular weight excluding hydrogens is 504 g/mol. The van der Waals surface area contributed by atoms with E-state index in [1.165, 1.54) is 7.11 Å². The third-order valence-electron chi connectivity index (χ3n) is 12.4. The minimum atomic E-state index is -1.13. The molecule has 0 amide bonds. The molecule has 0 radical (unpaired) electrons. The van der Waals surface area contributed by atoms with Crippen molar-refractivity contribution in [1.82, 2.24) is 0 Å². The van der Waals surface area contributed by atoms with Gasteiger partial charge in [-0.15, -0.1) is 0 Å². The molecule has 0 unspecified atom stereocenters. The molecule has 4 N–H and O–H groups in total. The third-order valence-corrected chi connectivity index (χ3v) is 12.4. The molecule has 2 heterocycles. The average Bonchev–Trinajstić information content (AvgIpc) is 3.43. The lowest BCUT2D eigenvalue weighted by atomic mass is 9.42. The molecule has 2 aliphatic heterocycles. The summed E-state index contributed by atoms with van der Waals surface area (Å²) in [7, 11) is 1.45. The van der Waals surface area contributed by atoms with Gasteiger partial charge in [0.15, 0.2) is 6.29 Å². The van der Waals surface area contributed by atoms with Gasteiger partial charge in [0, 0.05) is 25.0 Å². The predicted molar refractivity (Wildman–Crippen MR) is 139 cm³/mol. The smallest absolute Gasteiger partial charge is 0.331 e. The predicted octanol–water partition coefficient (Wildman–Crippen LogP) is 2.08. The molecular formula is C30H46O9. The topological polar surface area (TPSA) is 135 Å². The van der Waals surface area contributed by atoms with Gasteiger partial charge in [-0.1, -0.05) is 13.8 Å². The standard InChI is InChI=1S/C30H46O9/c1-15-24(33)26(36-4)25(34)27(38-15)39-18-12-17-5-6-21-20(29(17,3)22(31)13-18)7-9-28(2)19(8-10-30(21,28)35)16-11-23(32)37-14-16/h11,15,17-22,24-27,31,33-35H,5-10,12-14H2,1-4H3/t15-,17+,18-,19-,20+,21-,22-,24+,25+,26+,27+,28-,29+,30-/m1/s1. The molecule has 0 spiro atoms. The summed E-state index contributed by atoms with van der Waals surface area (Å²) in [6.07, 6.45) is 2.74. The van der Waals surface area contributed by atoms with Crippen LogP contribution in [0.3, 0.4) is 0 Å². The van der Waals surface area contributed by atoms with E-state index in [0.717, 1.165) is 44.1 Å². The summed E-state index contributed by atoms with van der Waals surface area (Å²) >= 11 is 0. The molecule has 14 atom stereocenters. The third kappa shape index (κ3) is 4.02. The molecule has 5 fully saturated rings. The van der Waals surface area contributed by atoms with Gasteiger partial charge < -0.3 is 39.4 Å². The normalized spacial score (nSPS) is 55.3. The number of esters is 1. The molecule has 39 heavy (non-hydrogen) atoms. The maximum atomic E-state index is 12.4. The average molecular weight is 551 g/mol. The van der Waals surface area contributed by atoms with Crippen molar-refractivity contribution in [2.24, 2.45) is 34.5 Å². The number of methoxy groups -OCH3 is 1. The van der Waals surface area contributed by atoms with Crippen LogP contribution in [0.4, 0.5) is 0 Å². The van der Waals surface area contributed by atoms with E-state index in [4.69, 9.17) is 18.9 Å². The van der Waals surface area contributed by atoms with E-state index >= 15 is 0 Å². The molecule has 4 aliphatic carbocycles. The molecule has 1 saturated heterocycles. The fourth-order valence-corrected chi connectivity index (χ4v) is 10.1. The zero-order valence-corrected chi connectivity index (χ0v) is 23.6. The van der Waals surface area contributed by atoms with Gasteiger partial charge in [-0.05, 0) is 86.5 Å². The van der Waals surface area contributed by atoms with Crippen molar-refractivity contribution in [3.05, 3.63) is 11.6 Å². The summed E-state index contributed by atoms with van der Waals surface area (Å²) in [5, 5.41) is 45.2. The van der Waals surface area contributed by atoms with Crippen molar-refractivity contribution < 1.29 is 44.2 Å². The highest BCUT2D eigenvalue weighted by Crippen LogP contribution is 2.70. The van der Waals surface area contributed by atoms with Gasteiger partial charge in [-0.25, -0.2) is 4.79 Å². The summed E-state index contributed by atoms with van der Waals surface area (Å²) in [6.45, 7) is 6.49. The molecule has 0 aromatic rings. The molecule has 4 saturated carbocycles. The van der Waals surface area contributed by atoms with Crippen LogP contribution in [0.1, 0.15) is 72.1 Å². The lowest BCUT2D eigenvalue weighted by molar-refractivity contribution is -0.317. The Bertz CT molecular complexity index is 1000. The van der Waals surface area contributed by atoms with Crippen molar-refractivity contribution in [2.75, 3.05) is 13.7 Å². The van der Waals surface area contributed by atoms with Crippen LogP contribution in [0.25, 0.3) is 0 Å². The van der Waals surface area contributed by atoms with Crippen LogP contribution in [0.2, 0.25) is 0 Å². The van der Waals surface area contributed by atoms with Gasteiger partial charge in [0.25, 0.3) is 0 Å². The first kappa shape index (κ1) is 28.1. The Kier molecular flexibility index (Phi) is 7.02. The van der Waals surface area contributed by atoms with E-state index in [1.807, 2.05) is 0 Å². The number of aliphatic hydroxyl groups is 4. The number of aliphatic hydroxyl groups excluding tert-OH is 3. The van der Waals surface area contributed by atoms with E-state index in [9.17, 15) is 25.2 Å². The zero-order chi connectivity index (χ0) is 27.9. The van der Waals surface area contributed by atoms with E-state index in [1.54, 1.807) is 13.0 Å². The van der Waals surface area contributed by atoms with Crippen LogP contribution in [0, 0.1) is 34.5 Å². The fourth-order valence-electron chi connectivity index (χ4n) is 10.1. The van der Waals surface area contributed by atoms with Gasteiger partial charge in [0.1, 0.15) is 24.9 Å². The van der Waals surface area contributed by atoms with Crippen molar-refractivity contribution >= 4 is 5.97 Å². The molecule has 6 rings (SSSR count). The highest BCUT2D eigenvalue weighted by molar-refractivity contribution is 5.85. The second kappa shape index (κ2) is 9.75. The minimum absolute atomic E-state index is 0.0986. The Morgan fingerprint density at radius 1 is 1.00 bits per heavy atom. The van der Waals surface area contributed by atoms with E-state index in [0.29, 0.717) is 19.4 Å². The molecule has 9 heteroatoms. The van der Waals surface area contributed by atoms with Gasteiger partial charge >= 0.3 is 5.97 Å². The van der Waals surface area contributed by atoms with Crippen molar-refractivity contribution in [3.8, 4) is 0 Å². The Morgan fingerprint density at radius 3 is 2.46 bits per heavy atom. The largest absolute Gasteiger partial charge is 0.458 e. The fraction of sp³-hybridized carbons (Fsp3) is 0.900. The van der Waals surface area contributed by atoms with Crippen molar-refractivity contribution in [1.29, 1.82) is 0 Å². The van der Waals surface area contributed by atoms with Gasteiger partial charge in [-0.3, -0.25) is 0 Å². The number of carbonyl (C=O) groups is 1. The first-order valence-corrected chi connectivity index (χ1v) is 14.9. The molecule has 0 aromatic carbocycles. The summed E-state index contributed by atoms with van der Waals surface area (Å²) in [4.78, 5) is 11.8. The first-order valence-electron chi connectivity index (χ1n) is 14.9. The Balaban J connectivity index is 1.19. The maximum Gasteiger partial charge on any atom is 0.331 e. The Labute approximate surface area is 230 Å². The maximum absolute atomic E-state index is 12.4. The van der Waals surface area contributed by atoms with Gasteiger partial charge in [0.05, 0.1) is 23.9 Å². The molecule has 0 aromatic heterocycles. The van der Waals surface area contributed by atoms with Crippen LogP contribution in [-0.4, -0.2) is 88.6 Å². The van der Waals surface area contributed by atoms with Gasteiger partial charge in [-0.2, -0.15) is 0 Å². The quantitative estimate of drug-likeness (QED) is 0.307. The number of cyclic esters (lactones) is 1. The van der Waals surface area contributed by atoms with E-state index in [2.05, 4.69) is 13.8 Å². The number of carbonyl (C=O) groups excluding carboxylic acids is 1. The first-order chi connectivity index (χ1) is 18.4. The van der Waals surface area contributed by atoms with Crippen LogP contribution in [0.5, 0.6) is 0 Å². The van der Waals surface area contributed by atoms with Crippen LogP contribution in [0.15, 0.2) is 11.6 Å². The van der Waals surface area contributed by atoms with E-state index in [-0.39, 0.29) is 46.6 Å². The van der Waals surface area contributed by atoms with Crippen molar-refractivity contribution in [3.63, 3.8) is 0 Å². The van der Waals surface area contributed by atoms with Crippen LogP contribution >= 0.6 is 0 Å². The Hall–Kier alpha value is -1.07. The number of rotatable bonds is 4. The van der Waals surface area contributed by atoms with Crippen LogP contribution < -0.4 is 0 Å².